The van der Waals surface area contributed by atoms with Crippen molar-refractivity contribution in [3.63, 3.8) is 0 Å². The second-order valence-corrected chi connectivity index (χ2v) is 8.60. The molecule has 1 unspecified atom stereocenters. The van der Waals surface area contributed by atoms with E-state index in [1.165, 1.54) is 38.5 Å². The summed E-state index contributed by atoms with van der Waals surface area (Å²) in [5.41, 5.74) is -2.99. The molecule has 1 atom stereocenters. The number of ketones is 1. The van der Waals surface area contributed by atoms with E-state index in [0.29, 0.717) is 12.8 Å². The van der Waals surface area contributed by atoms with Crippen molar-refractivity contribution in [2.75, 3.05) is 6.61 Å². The van der Waals surface area contributed by atoms with Crippen LogP contribution in [-0.4, -0.2) is 47.1 Å². The molecule has 0 rings (SSSR count). The minimum Gasteiger partial charge on any atom is -0.392 e. The lowest BCUT2D eigenvalue weighted by molar-refractivity contribution is -0.167. The molecule has 0 aliphatic carbocycles. The Kier molecular flexibility index (Phi) is 15.7. The molecule has 0 saturated carbocycles. The van der Waals surface area contributed by atoms with Gasteiger partial charge in [-0.25, -0.2) is 4.79 Å². The van der Waals surface area contributed by atoms with Gasteiger partial charge in [0.15, 0.2) is 5.78 Å². The summed E-state index contributed by atoms with van der Waals surface area (Å²) in [5, 5.41) is 19.0. The first-order chi connectivity index (χ1) is 14.2. The summed E-state index contributed by atoms with van der Waals surface area (Å²) in [6, 6.07) is 0. The zero-order valence-electron chi connectivity index (χ0n) is 18.1. The van der Waals surface area contributed by atoms with E-state index >= 15 is 0 Å². The van der Waals surface area contributed by atoms with E-state index in [0.717, 1.165) is 32.1 Å². The molecule has 176 valence electrons. The Labute approximate surface area is 180 Å². The standard InChI is InChI=1S/C21H38O8S/c1-2-3-4-5-6-7-8-9-10-11-12-13-14-15-16-17-19(23)21(25,18-22)20(24)29-30(26,27)28/h9-10,22,25H,2-8,11-18H2,1H3,(H,26,27,28)/b10-9-. The highest BCUT2D eigenvalue weighted by molar-refractivity contribution is 7.81. The van der Waals surface area contributed by atoms with Crippen LogP contribution in [-0.2, 0) is 24.2 Å². The minimum absolute atomic E-state index is 0.213. The van der Waals surface area contributed by atoms with Crippen molar-refractivity contribution in [2.45, 2.75) is 102 Å². The lowest BCUT2D eigenvalue weighted by Gasteiger charge is -2.20. The average Bonchev–Trinajstić information content (AvgIpc) is 2.68. The second-order valence-electron chi connectivity index (χ2n) is 7.57. The topological polar surface area (TPSA) is 138 Å². The van der Waals surface area contributed by atoms with Gasteiger partial charge in [-0.15, -0.1) is 0 Å². The van der Waals surface area contributed by atoms with Gasteiger partial charge in [-0.2, -0.15) is 8.42 Å². The van der Waals surface area contributed by atoms with Gasteiger partial charge >= 0.3 is 16.4 Å². The van der Waals surface area contributed by atoms with Crippen LogP contribution in [0.2, 0.25) is 0 Å². The SMILES string of the molecule is CCCCCCCC/C=C\CCCCCCCC(=O)C(O)(CO)C(=O)OS(=O)(=O)O. The van der Waals surface area contributed by atoms with Gasteiger partial charge in [-0.3, -0.25) is 9.35 Å². The van der Waals surface area contributed by atoms with Crippen molar-refractivity contribution in [3.8, 4) is 0 Å². The van der Waals surface area contributed by atoms with Gasteiger partial charge < -0.3 is 14.4 Å². The highest BCUT2D eigenvalue weighted by Gasteiger charge is 2.46. The van der Waals surface area contributed by atoms with Crippen LogP contribution in [0.25, 0.3) is 0 Å². The Morgan fingerprint density at radius 2 is 1.33 bits per heavy atom. The van der Waals surface area contributed by atoms with Crippen LogP contribution in [0, 0.1) is 0 Å². The molecule has 0 aromatic rings. The molecule has 8 nitrogen and oxygen atoms in total. The minimum atomic E-state index is -5.18. The van der Waals surface area contributed by atoms with Crippen molar-refractivity contribution in [1.29, 1.82) is 0 Å². The Balaban J connectivity index is 3.83. The van der Waals surface area contributed by atoms with Gasteiger partial charge in [-0.1, -0.05) is 70.4 Å². The molecule has 0 amide bonds. The molecule has 0 radical (unpaired) electrons. The molecule has 0 spiro atoms. The van der Waals surface area contributed by atoms with Gasteiger partial charge in [0.05, 0.1) is 6.61 Å². The Bertz CT molecular complexity index is 614. The lowest BCUT2D eigenvalue weighted by Crippen LogP contribution is -2.51. The van der Waals surface area contributed by atoms with Crippen LogP contribution >= 0.6 is 0 Å². The smallest absolute Gasteiger partial charge is 0.392 e. The van der Waals surface area contributed by atoms with Crippen LogP contribution < -0.4 is 0 Å². The molecule has 0 bridgehead atoms. The zero-order chi connectivity index (χ0) is 22.9. The highest BCUT2D eigenvalue weighted by atomic mass is 32.3. The van der Waals surface area contributed by atoms with Crippen molar-refractivity contribution < 1.29 is 37.0 Å². The highest BCUT2D eigenvalue weighted by Crippen LogP contribution is 2.16. The molecule has 0 aliphatic rings. The van der Waals surface area contributed by atoms with Crippen LogP contribution in [0.15, 0.2) is 12.2 Å². The number of hydrogen-bond donors (Lipinski definition) is 3. The fraction of sp³-hybridized carbons (Fsp3) is 0.810. The molecule has 30 heavy (non-hydrogen) atoms. The van der Waals surface area contributed by atoms with Gasteiger partial charge in [0.1, 0.15) is 0 Å². The quantitative estimate of drug-likeness (QED) is 0.117. The number of unbranched alkanes of at least 4 members (excludes halogenated alkanes) is 11. The maximum Gasteiger partial charge on any atom is 0.449 e. The molecule has 0 heterocycles. The fourth-order valence-electron chi connectivity index (χ4n) is 2.99. The third-order valence-electron chi connectivity index (χ3n) is 4.87. The first kappa shape index (κ1) is 28.7. The molecule has 9 heteroatoms. The number of allylic oxidation sites excluding steroid dienone is 2. The van der Waals surface area contributed by atoms with Crippen LogP contribution in [0.3, 0.4) is 0 Å². The second kappa shape index (κ2) is 16.4. The Morgan fingerprint density at radius 3 is 1.80 bits per heavy atom. The molecule has 0 fully saturated rings. The van der Waals surface area contributed by atoms with E-state index in [1.807, 2.05) is 0 Å². The predicted molar refractivity (Wildman–Crippen MR) is 114 cm³/mol. The number of rotatable bonds is 19. The zero-order valence-corrected chi connectivity index (χ0v) is 18.9. The predicted octanol–water partition coefficient (Wildman–Crippen LogP) is 3.66. The van der Waals surface area contributed by atoms with Gasteiger partial charge in [0, 0.05) is 6.42 Å². The summed E-state index contributed by atoms with van der Waals surface area (Å²) < 4.78 is 33.1. The third-order valence-corrected chi connectivity index (χ3v) is 5.24. The first-order valence-corrected chi connectivity index (χ1v) is 12.3. The van der Waals surface area contributed by atoms with E-state index < -0.39 is 34.4 Å². The van der Waals surface area contributed by atoms with Crippen molar-refractivity contribution in [1.82, 2.24) is 0 Å². The summed E-state index contributed by atoms with van der Waals surface area (Å²) >= 11 is 0. The van der Waals surface area contributed by atoms with E-state index in [-0.39, 0.29) is 6.42 Å². The molecule has 0 aromatic heterocycles. The van der Waals surface area contributed by atoms with Gasteiger partial charge in [0.25, 0.3) is 0 Å². The maximum absolute atomic E-state index is 12.0. The molecule has 0 aromatic carbocycles. The van der Waals surface area contributed by atoms with Crippen molar-refractivity contribution >= 4 is 22.2 Å². The molecule has 0 aliphatic heterocycles. The number of carbonyl (C=O) groups excluding carboxylic acids is 2. The number of aliphatic hydroxyl groups excluding tert-OH is 1. The van der Waals surface area contributed by atoms with Gasteiger partial charge in [-0.05, 0) is 32.1 Å². The number of Topliss-reactive ketones (excluding diaryl/α,β-unsaturated/α-hetero) is 1. The largest absolute Gasteiger partial charge is 0.449 e. The summed E-state index contributed by atoms with van der Waals surface area (Å²) in [6.45, 7) is 0.888. The van der Waals surface area contributed by atoms with Crippen LogP contribution in [0.1, 0.15) is 96.8 Å². The van der Waals surface area contributed by atoms with Crippen molar-refractivity contribution in [3.05, 3.63) is 12.2 Å². The Hall–Kier alpha value is -1.29. The Morgan fingerprint density at radius 1 is 0.867 bits per heavy atom. The van der Waals surface area contributed by atoms with E-state index in [9.17, 15) is 23.1 Å². The molecule has 3 N–H and O–H groups in total. The average molecular weight is 451 g/mol. The summed E-state index contributed by atoms with van der Waals surface area (Å²) in [7, 11) is -5.18. The number of aliphatic hydroxyl groups is 2. The van der Waals surface area contributed by atoms with E-state index in [1.54, 1.807) is 0 Å². The molecule has 0 saturated heterocycles. The summed E-state index contributed by atoms with van der Waals surface area (Å²) in [4.78, 5) is 23.5. The maximum atomic E-state index is 12.0. The van der Waals surface area contributed by atoms with Crippen LogP contribution in [0.5, 0.6) is 0 Å². The molecular weight excluding hydrogens is 412 g/mol. The lowest BCUT2D eigenvalue weighted by atomic mass is 9.95. The first-order valence-electron chi connectivity index (χ1n) is 10.9. The van der Waals surface area contributed by atoms with Crippen LogP contribution in [0.4, 0.5) is 0 Å². The summed E-state index contributed by atoms with van der Waals surface area (Å²) in [6.07, 6.45) is 18.2. The van der Waals surface area contributed by atoms with Crippen molar-refractivity contribution in [2.24, 2.45) is 0 Å². The van der Waals surface area contributed by atoms with Gasteiger partial charge in [0.2, 0.25) is 5.60 Å². The number of carbonyl (C=O) groups is 2. The molecular formula is C21H38O8S. The normalized spacial score (nSPS) is 14.0. The third kappa shape index (κ3) is 13.8. The summed E-state index contributed by atoms with van der Waals surface area (Å²) in [5.74, 6) is -2.96. The van der Waals surface area contributed by atoms with E-state index in [2.05, 4.69) is 23.3 Å². The fourth-order valence-corrected chi connectivity index (χ4v) is 3.32. The van der Waals surface area contributed by atoms with E-state index in [4.69, 9.17) is 9.66 Å². The monoisotopic (exact) mass is 450 g/mol. The number of hydrogen-bond acceptors (Lipinski definition) is 7.